The molecule has 2 rings (SSSR count). The summed E-state index contributed by atoms with van der Waals surface area (Å²) in [7, 11) is 0. The Bertz CT molecular complexity index is 646. The van der Waals surface area contributed by atoms with Gasteiger partial charge in [-0.25, -0.2) is 9.78 Å². The predicted molar refractivity (Wildman–Crippen MR) is 68.1 cm³/mol. The summed E-state index contributed by atoms with van der Waals surface area (Å²) in [6.45, 7) is 0. The summed E-state index contributed by atoms with van der Waals surface area (Å²) in [6.07, 6.45) is 2.94. The summed E-state index contributed by atoms with van der Waals surface area (Å²) in [5.41, 5.74) is 5.36. The molecule has 2 aromatic heterocycles. The molecule has 0 saturated carbocycles. The Morgan fingerprint density at radius 3 is 2.68 bits per heavy atom. The molecule has 0 saturated heterocycles. The van der Waals surface area contributed by atoms with Gasteiger partial charge in [-0.15, -0.1) is 0 Å². The molecule has 6 nitrogen and oxygen atoms in total. The van der Waals surface area contributed by atoms with Gasteiger partial charge in [-0.1, -0.05) is 11.8 Å². The molecule has 0 unspecified atom stereocenters. The predicted octanol–water partition coefficient (Wildman–Crippen LogP) is 1.42. The van der Waals surface area contributed by atoms with Crippen LogP contribution in [0, 0.1) is 0 Å². The molecule has 0 aromatic carbocycles. The minimum absolute atomic E-state index is 0.102. The largest absolute Gasteiger partial charge is 0.478 e. The zero-order valence-corrected chi connectivity index (χ0v) is 10.4. The molecule has 7 heteroatoms. The molecule has 0 bridgehead atoms. The van der Waals surface area contributed by atoms with E-state index in [4.69, 9.17) is 10.8 Å². The molecule has 2 heterocycles. The number of nitrogens with zero attached hydrogens (tertiary/aromatic N) is 2. The van der Waals surface area contributed by atoms with Crippen LogP contribution in [0.2, 0.25) is 0 Å². The summed E-state index contributed by atoms with van der Waals surface area (Å²) in [6, 6.07) is 6.16. The lowest BCUT2D eigenvalue weighted by molar-refractivity contribution is 0.0692. The van der Waals surface area contributed by atoms with E-state index in [-0.39, 0.29) is 11.3 Å². The lowest BCUT2D eigenvalue weighted by atomic mass is 10.3. The Labute approximate surface area is 112 Å². The molecule has 3 N–H and O–H groups in total. The summed E-state index contributed by atoms with van der Waals surface area (Å²) < 4.78 is 0. The van der Waals surface area contributed by atoms with Gasteiger partial charge >= 0.3 is 5.97 Å². The summed E-state index contributed by atoms with van der Waals surface area (Å²) in [5, 5.41) is 9.39. The SMILES string of the molecule is NC(=O)c1cc(Sc2ncccc2C(=O)O)ccn1. The zero-order chi connectivity index (χ0) is 13.8. The molecule has 0 radical (unpaired) electrons. The number of rotatable bonds is 4. The number of carboxylic acid groups (broad SMARTS) is 1. The van der Waals surface area contributed by atoms with Gasteiger partial charge in [-0.3, -0.25) is 9.78 Å². The van der Waals surface area contributed by atoms with Crippen LogP contribution in [-0.4, -0.2) is 27.0 Å². The molecular weight excluding hydrogens is 266 g/mol. The number of carboxylic acids is 1. The van der Waals surface area contributed by atoms with Crippen LogP contribution in [0.25, 0.3) is 0 Å². The summed E-state index contributed by atoms with van der Waals surface area (Å²) in [5.74, 6) is -1.69. The monoisotopic (exact) mass is 275 g/mol. The van der Waals surface area contributed by atoms with E-state index < -0.39 is 11.9 Å². The first-order valence-corrected chi connectivity index (χ1v) is 6.01. The Hall–Kier alpha value is -2.41. The smallest absolute Gasteiger partial charge is 0.338 e. The van der Waals surface area contributed by atoms with E-state index in [9.17, 15) is 9.59 Å². The van der Waals surface area contributed by atoms with Gasteiger partial charge in [-0.05, 0) is 24.3 Å². The van der Waals surface area contributed by atoms with Gasteiger partial charge in [0.25, 0.3) is 5.91 Å². The Balaban J connectivity index is 2.34. The highest BCUT2D eigenvalue weighted by atomic mass is 32.2. The molecular formula is C12H9N3O3S. The van der Waals surface area contributed by atoms with E-state index in [1.54, 1.807) is 12.1 Å². The minimum atomic E-state index is -1.06. The molecule has 2 aromatic rings. The van der Waals surface area contributed by atoms with Crippen LogP contribution in [0.5, 0.6) is 0 Å². The molecule has 0 atom stereocenters. The quantitative estimate of drug-likeness (QED) is 0.874. The van der Waals surface area contributed by atoms with Crippen LogP contribution in [0.15, 0.2) is 46.6 Å². The fourth-order valence-electron chi connectivity index (χ4n) is 1.36. The van der Waals surface area contributed by atoms with Crippen LogP contribution in [0.1, 0.15) is 20.8 Å². The van der Waals surface area contributed by atoms with Crippen molar-refractivity contribution in [3.63, 3.8) is 0 Å². The average molecular weight is 275 g/mol. The first-order chi connectivity index (χ1) is 9.08. The maximum absolute atomic E-state index is 11.0. The van der Waals surface area contributed by atoms with E-state index >= 15 is 0 Å². The topological polar surface area (TPSA) is 106 Å². The number of amides is 1. The molecule has 96 valence electrons. The first-order valence-electron chi connectivity index (χ1n) is 5.20. The van der Waals surface area contributed by atoms with Crippen LogP contribution in [-0.2, 0) is 0 Å². The number of hydrogen-bond acceptors (Lipinski definition) is 5. The number of aromatic nitrogens is 2. The van der Waals surface area contributed by atoms with Gasteiger partial charge in [0.15, 0.2) is 0 Å². The lowest BCUT2D eigenvalue weighted by Gasteiger charge is -2.04. The van der Waals surface area contributed by atoms with Gasteiger partial charge in [0.2, 0.25) is 0 Å². The van der Waals surface area contributed by atoms with Gasteiger partial charge in [0.1, 0.15) is 10.7 Å². The molecule has 0 aliphatic heterocycles. The third kappa shape index (κ3) is 3.08. The van der Waals surface area contributed by atoms with Gasteiger partial charge in [-0.2, -0.15) is 0 Å². The maximum atomic E-state index is 11.0. The first kappa shape index (κ1) is 13.0. The number of pyridine rings is 2. The molecule has 0 spiro atoms. The Kier molecular flexibility index (Phi) is 3.76. The highest BCUT2D eigenvalue weighted by molar-refractivity contribution is 7.99. The van der Waals surface area contributed by atoms with Crippen molar-refractivity contribution in [3.05, 3.63) is 47.9 Å². The van der Waals surface area contributed by atoms with Crippen LogP contribution in [0.3, 0.4) is 0 Å². The second-order valence-electron chi connectivity index (χ2n) is 3.50. The van der Waals surface area contributed by atoms with Crippen molar-refractivity contribution in [2.45, 2.75) is 9.92 Å². The summed E-state index contributed by atoms with van der Waals surface area (Å²) >= 11 is 1.13. The molecule has 1 amide bonds. The maximum Gasteiger partial charge on any atom is 0.338 e. The second kappa shape index (κ2) is 5.49. The number of carbonyl (C=O) groups is 2. The third-order valence-corrected chi connectivity index (χ3v) is 3.21. The number of aromatic carboxylic acids is 1. The van der Waals surface area contributed by atoms with Crippen LogP contribution < -0.4 is 5.73 Å². The van der Waals surface area contributed by atoms with Gasteiger partial charge < -0.3 is 10.8 Å². The van der Waals surface area contributed by atoms with Crippen molar-refractivity contribution >= 4 is 23.6 Å². The summed E-state index contributed by atoms with van der Waals surface area (Å²) in [4.78, 5) is 30.5. The van der Waals surface area contributed by atoms with Crippen molar-refractivity contribution < 1.29 is 14.7 Å². The van der Waals surface area contributed by atoms with Crippen molar-refractivity contribution in [1.29, 1.82) is 0 Å². The fourth-order valence-corrected chi connectivity index (χ4v) is 2.26. The second-order valence-corrected chi connectivity index (χ2v) is 4.57. The molecule has 0 fully saturated rings. The van der Waals surface area contributed by atoms with Crippen LogP contribution in [0.4, 0.5) is 0 Å². The zero-order valence-electron chi connectivity index (χ0n) is 9.61. The van der Waals surface area contributed by atoms with Crippen LogP contribution >= 0.6 is 11.8 Å². The number of carbonyl (C=O) groups excluding carboxylic acids is 1. The highest BCUT2D eigenvalue weighted by Gasteiger charge is 2.12. The number of primary amides is 1. The van der Waals surface area contributed by atoms with Crippen molar-refractivity contribution in [2.75, 3.05) is 0 Å². The molecule has 0 aliphatic carbocycles. The van der Waals surface area contributed by atoms with Crippen molar-refractivity contribution in [1.82, 2.24) is 9.97 Å². The lowest BCUT2D eigenvalue weighted by Crippen LogP contribution is -2.12. The normalized spacial score (nSPS) is 10.1. The van der Waals surface area contributed by atoms with Crippen molar-refractivity contribution in [3.8, 4) is 0 Å². The Morgan fingerprint density at radius 2 is 2.00 bits per heavy atom. The number of nitrogens with two attached hydrogens (primary N) is 1. The average Bonchev–Trinajstić information content (AvgIpc) is 2.39. The highest BCUT2D eigenvalue weighted by Crippen LogP contribution is 2.28. The van der Waals surface area contributed by atoms with Gasteiger partial charge in [0, 0.05) is 17.3 Å². The number of hydrogen-bond donors (Lipinski definition) is 2. The minimum Gasteiger partial charge on any atom is -0.478 e. The van der Waals surface area contributed by atoms with E-state index in [1.807, 2.05) is 0 Å². The van der Waals surface area contributed by atoms with E-state index in [0.29, 0.717) is 9.92 Å². The molecule has 19 heavy (non-hydrogen) atoms. The van der Waals surface area contributed by atoms with Crippen molar-refractivity contribution in [2.24, 2.45) is 5.73 Å². The standard InChI is InChI=1S/C12H9N3O3S/c13-10(16)9-6-7(3-5-14-9)19-11-8(12(17)18)2-1-4-15-11/h1-6H,(H2,13,16)(H,17,18). The van der Waals surface area contributed by atoms with E-state index in [0.717, 1.165) is 11.8 Å². The van der Waals surface area contributed by atoms with Gasteiger partial charge in [0.05, 0.1) is 5.56 Å². The fraction of sp³-hybridized carbons (Fsp3) is 0. The third-order valence-electron chi connectivity index (χ3n) is 2.20. The van der Waals surface area contributed by atoms with E-state index in [1.165, 1.54) is 24.5 Å². The Morgan fingerprint density at radius 1 is 1.21 bits per heavy atom. The van der Waals surface area contributed by atoms with E-state index in [2.05, 4.69) is 9.97 Å². The molecule has 0 aliphatic rings.